The Morgan fingerprint density at radius 3 is 2.68 bits per heavy atom. The summed E-state index contributed by atoms with van der Waals surface area (Å²) in [5, 5.41) is 1.08. The Morgan fingerprint density at radius 1 is 1.05 bits per heavy atom. The van der Waals surface area contributed by atoms with E-state index in [2.05, 4.69) is 44.2 Å². The van der Waals surface area contributed by atoms with Gasteiger partial charge in [0.25, 0.3) is 0 Å². The molecule has 0 bridgehead atoms. The molecule has 2 aliphatic heterocycles. The average molecular weight is 311 g/mol. The lowest BCUT2D eigenvalue weighted by molar-refractivity contribution is 0.174. The maximum absolute atomic E-state index is 5.52. The molecule has 2 aromatic rings. The zero-order chi connectivity index (χ0) is 15.1. The number of aryl methyl sites for hydroxylation is 2. The van der Waals surface area contributed by atoms with Gasteiger partial charge in [0.15, 0.2) is 11.5 Å². The molecule has 0 saturated carbocycles. The number of rotatable bonds is 1. The normalized spacial score (nSPS) is 15.5. The van der Waals surface area contributed by atoms with E-state index in [4.69, 9.17) is 14.5 Å². The van der Waals surface area contributed by atoms with E-state index < -0.39 is 0 Å². The van der Waals surface area contributed by atoms with Crippen molar-refractivity contribution in [3.63, 3.8) is 0 Å². The molecule has 2 aliphatic rings. The molecule has 0 spiro atoms. The van der Waals surface area contributed by atoms with Gasteiger partial charge in [-0.05, 0) is 49.6 Å². The molecule has 0 aliphatic carbocycles. The van der Waals surface area contributed by atoms with E-state index in [9.17, 15) is 0 Å². The Kier molecular flexibility index (Phi) is 3.34. The van der Waals surface area contributed by atoms with E-state index in [1.54, 1.807) is 11.8 Å². The summed E-state index contributed by atoms with van der Waals surface area (Å²) in [7, 11) is 0. The lowest BCUT2D eigenvalue weighted by atomic mass is 10.0. The molecule has 0 amide bonds. The molecule has 0 fully saturated rings. The summed E-state index contributed by atoms with van der Waals surface area (Å²) < 4.78 is 11.0. The van der Waals surface area contributed by atoms with Gasteiger partial charge in [0.1, 0.15) is 5.04 Å². The van der Waals surface area contributed by atoms with Crippen LogP contribution in [0.4, 0.5) is 0 Å². The zero-order valence-electron chi connectivity index (χ0n) is 12.7. The lowest BCUT2D eigenvalue weighted by Gasteiger charge is -2.18. The summed E-state index contributed by atoms with van der Waals surface area (Å²) in [6, 6.07) is 10.7. The highest BCUT2D eigenvalue weighted by atomic mass is 32.2. The molecule has 3 nitrogen and oxygen atoms in total. The molecule has 4 rings (SSSR count). The van der Waals surface area contributed by atoms with Gasteiger partial charge < -0.3 is 9.47 Å². The average Bonchev–Trinajstić information content (AvgIpc) is 2.95. The van der Waals surface area contributed by atoms with Crippen LogP contribution in [-0.2, 0) is 6.42 Å². The minimum absolute atomic E-state index is 0.314. The van der Waals surface area contributed by atoms with Crippen molar-refractivity contribution in [3.05, 3.63) is 52.6 Å². The first-order valence-corrected chi connectivity index (χ1v) is 8.25. The Balaban J connectivity index is 1.71. The van der Waals surface area contributed by atoms with E-state index in [1.807, 2.05) is 0 Å². The molecule has 0 aromatic heterocycles. The van der Waals surface area contributed by atoms with E-state index in [0.29, 0.717) is 6.79 Å². The first-order valence-electron chi connectivity index (χ1n) is 7.43. The number of ether oxygens (including phenoxy) is 2. The third kappa shape index (κ3) is 2.37. The molecule has 0 N–H and O–H groups in total. The fraction of sp³-hybridized carbons (Fsp3) is 0.278. The largest absolute Gasteiger partial charge is 0.454 e. The number of benzene rings is 2. The van der Waals surface area contributed by atoms with Crippen LogP contribution < -0.4 is 9.47 Å². The predicted molar refractivity (Wildman–Crippen MR) is 89.4 cm³/mol. The first-order chi connectivity index (χ1) is 10.7. The molecule has 0 radical (unpaired) electrons. The van der Waals surface area contributed by atoms with Gasteiger partial charge in [0.05, 0.1) is 0 Å². The van der Waals surface area contributed by atoms with Crippen LogP contribution in [0.5, 0.6) is 11.5 Å². The summed E-state index contributed by atoms with van der Waals surface area (Å²) in [5.41, 5.74) is 5.06. The van der Waals surface area contributed by atoms with Crippen molar-refractivity contribution in [3.8, 4) is 11.5 Å². The molecule has 2 heterocycles. The Bertz CT molecular complexity index is 783. The Labute approximate surface area is 134 Å². The highest BCUT2D eigenvalue weighted by molar-refractivity contribution is 8.14. The molecule has 0 unspecified atom stereocenters. The van der Waals surface area contributed by atoms with Crippen LogP contribution >= 0.6 is 11.8 Å². The van der Waals surface area contributed by atoms with Gasteiger partial charge in [-0.1, -0.05) is 29.5 Å². The number of thioether (sulfide) groups is 1. The van der Waals surface area contributed by atoms with Crippen LogP contribution in [0.1, 0.15) is 22.3 Å². The number of hydrogen-bond acceptors (Lipinski definition) is 4. The SMILES string of the molecule is Cc1ccc(SC2=NCCc3cc4c(cc32)OCO4)c(C)c1. The number of nitrogens with zero attached hydrogens (tertiary/aromatic N) is 1. The van der Waals surface area contributed by atoms with Gasteiger partial charge in [-0.25, -0.2) is 0 Å². The molecule has 2 aromatic carbocycles. The van der Waals surface area contributed by atoms with Crippen molar-refractivity contribution in [2.45, 2.75) is 25.2 Å². The van der Waals surface area contributed by atoms with Crippen LogP contribution in [0.3, 0.4) is 0 Å². The maximum Gasteiger partial charge on any atom is 0.231 e. The monoisotopic (exact) mass is 311 g/mol. The highest BCUT2D eigenvalue weighted by Crippen LogP contribution is 2.39. The lowest BCUT2D eigenvalue weighted by Crippen LogP contribution is -2.10. The molecular formula is C18H17NO2S. The molecule has 0 atom stereocenters. The zero-order valence-corrected chi connectivity index (χ0v) is 13.5. The third-order valence-corrected chi connectivity index (χ3v) is 5.22. The van der Waals surface area contributed by atoms with E-state index in [1.165, 1.54) is 27.1 Å². The van der Waals surface area contributed by atoms with Gasteiger partial charge >= 0.3 is 0 Å². The highest BCUT2D eigenvalue weighted by Gasteiger charge is 2.22. The van der Waals surface area contributed by atoms with E-state index in [-0.39, 0.29) is 0 Å². The fourth-order valence-corrected chi connectivity index (χ4v) is 3.88. The van der Waals surface area contributed by atoms with Crippen molar-refractivity contribution in [2.75, 3.05) is 13.3 Å². The first kappa shape index (κ1) is 13.7. The summed E-state index contributed by atoms with van der Waals surface area (Å²) >= 11 is 1.74. The standard InChI is InChI=1S/C18H17NO2S/c1-11-3-4-17(12(2)7-11)22-18-14-9-16-15(20-10-21-16)8-13(14)5-6-19-18/h3-4,7-9H,5-6,10H2,1-2H3. The topological polar surface area (TPSA) is 30.8 Å². The molecule has 22 heavy (non-hydrogen) atoms. The van der Waals surface area contributed by atoms with Crippen molar-refractivity contribution in [1.29, 1.82) is 0 Å². The second kappa shape index (κ2) is 5.36. The quantitative estimate of drug-likeness (QED) is 0.793. The molecule has 112 valence electrons. The van der Waals surface area contributed by atoms with Gasteiger partial charge in [-0.15, -0.1) is 0 Å². The maximum atomic E-state index is 5.52. The summed E-state index contributed by atoms with van der Waals surface area (Å²) in [6.07, 6.45) is 0.961. The molecule has 0 saturated heterocycles. The van der Waals surface area contributed by atoms with Gasteiger partial charge in [-0.3, -0.25) is 4.99 Å². The van der Waals surface area contributed by atoms with Crippen molar-refractivity contribution < 1.29 is 9.47 Å². The minimum atomic E-state index is 0.314. The van der Waals surface area contributed by atoms with Crippen molar-refractivity contribution >= 4 is 16.8 Å². The van der Waals surface area contributed by atoms with Crippen molar-refractivity contribution in [2.24, 2.45) is 4.99 Å². The number of aliphatic imine (C=N–C) groups is 1. The van der Waals surface area contributed by atoms with Gasteiger partial charge in [-0.2, -0.15) is 0 Å². The summed E-state index contributed by atoms with van der Waals surface area (Å²) in [5.74, 6) is 1.69. The summed E-state index contributed by atoms with van der Waals surface area (Å²) in [6.45, 7) is 5.42. The smallest absolute Gasteiger partial charge is 0.231 e. The van der Waals surface area contributed by atoms with Crippen LogP contribution in [0, 0.1) is 13.8 Å². The second-order valence-corrected chi connectivity index (χ2v) is 6.70. The minimum Gasteiger partial charge on any atom is -0.454 e. The van der Waals surface area contributed by atoms with Crippen LogP contribution in [0.15, 0.2) is 40.2 Å². The van der Waals surface area contributed by atoms with Crippen LogP contribution in [0.25, 0.3) is 0 Å². The van der Waals surface area contributed by atoms with E-state index in [0.717, 1.165) is 29.5 Å². The second-order valence-electron chi connectivity index (χ2n) is 5.67. The Hall–Kier alpha value is -1.94. The number of hydrogen-bond donors (Lipinski definition) is 0. The van der Waals surface area contributed by atoms with Crippen LogP contribution in [0.2, 0.25) is 0 Å². The Morgan fingerprint density at radius 2 is 1.86 bits per heavy atom. The summed E-state index contributed by atoms with van der Waals surface area (Å²) in [4.78, 5) is 6.00. The third-order valence-electron chi connectivity index (χ3n) is 4.00. The predicted octanol–water partition coefficient (Wildman–Crippen LogP) is 4.13. The molecule has 4 heteroatoms. The van der Waals surface area contributed by atoms with Crippen molar-refractivity contribution in [1.82, 2.24) is 0 Å². The van der Waals surface area contributed by atoms with Gasteiger partial charge in [0.2, 0.25) is 6.79 Å². The van der Waals surface area contributed by atoms with E-state index >= 15 is 0 Å². The van der Waals surface area contributed by atoms with Gasteiger partial charge in [0, 0.05) is 17.0 Å². The number of fused-ring (bicyclic) bond motifs is 2. The fourth-order valence-electron chi connectivity index (χ4n) is 2.86. The van der Waals surface area contributed by atoms with Crippen LogP contribution in [-0.4, -0.2) is 18.4 Å². The molecular weight excluding hydrogens is 294 g/mol.